The number of ether oxygens (including phenoxy) is 2. The number of hydrogen-bond donors (Lipinski definition) is 0. The lowest BCUT2D eigenvalue weighted by Crippen LogP contribution is -2.10. The van der Waals surface area contributed by atoms with Gasteiger partial charge in [-0.05, 0) is 29.8 Å². The summed E-state index contributed by atoms with van der Waals surface area (Å²) in [6, 6.07) is 14.2. The molecule has 5 heteroatoms. The van der Waals surface area contributed by atoms with E-state index in [9.17, 15) is 9.59 Å². The van der Waals surface area contributed by atoms with Crippen molar-refractivity contribution in [1.82, 2.24) is 0 Å². The Morgan fingerprint density at radius 2 is 1.79 bits per heavy atom. The van der Waals surface area contributed by atoms with Crippen LogP contribution in [0.3, 0.4) is 0 Å². The van der Waals surface area contributed by atoms with E-state index in [0.717, 1.165) is 5.56 Å². The Hall–Kier alpha value is -2.59. The molecule has 2 aromatic carbocycles. The van der Waals surface area contributed by atoms with Crippen molar-refractivity contribution in [1.29, 1.82) is 0 Å². The number of carbonyl (C=O) groups is 2. The van der Waals surface area contributed by atoms with Gasteiger partial charge in [-0.3, -0.25) is 9.59 Å². The molecule has 0 saturated carbocycles. The van der Waals surface area contributed by atoms with Crippen molar-refractivity contribution >= 4 is 29.6 Å². The number of hydrogen-bond acceptors (Lipinski definition) is 4. The molecule has 0 aliphatic rings. The standard InChI is InChI=1S/C19H17ClO4/c1-13(21)23-18-9-4-3-8-17(18)19(24-14(2)22)11-10-15-6-5-7-16(20)12-15/h3-12,19H,1-2H3/b11-10+. The number of para-hydroxylation sites is 1. The highest BCUT2D eigenvalue weighted by molar-refractivity contribution is 6.30. The molecule has 0 amide bonds. The first kappa shape index (κ1) is 17.8. The third-order valence-corrected chi connectivity index (χ3v) is 3.32. The molecule has 0 heterocycles. The van der Waals surface area contributed by atoms with E-state index in [1.807, 2.05) is 12.1 Å². The van der Waals surface area contributed by atoms with Crippen LogP contribution in [0.5, 0.6) is 5.75 Å². The van der Waals surface area contributed by atoms with Crippen LogP contribution in [0.1, 0.15) is 31.1 Å². The smallest absolute Gasteiger partial charge is 0.308 e. The van der Waals surface area contributed by atoms with E-state index in [-0.39, 0.29) is 0 Å². The Kier molecular flexibility index (Phi) is 6.15. The molecule has 0 bridgehead atoms. The van der Waals surface area contributed by atoms with E-state index < -0.39 is 18.0 Å². The maximum Gasteiger partial charge on any atom is 0.308 e. The van der Waals surface area contributed by atoms with Gasteiger partial charge in [0.1, 0.15) is 11.9 Å². The van der Waals surface area contributed by atoms with Crippen LogP contribution in [0, 0.1) is 0 Å². The molecule has 24 heavy (non-hydrogen) atoms. The number of halogens is 1. The third kappa shape index (κ3) is 5.25. The lowest BCUT2D eigenvalue weighted by molar-refractivity contribution is -0.144. The fourth-order valence-corrected chi connectivity index (χ4v) is 2.36. The van der Waals surface area contributed by atoms with Gasteiger partial charge in [0, 0.05) is 24.4 Å². The molecule has 0 spiro atoms. The summed E-state index contributed by atoms with van der Waals surface area (Å²) < 4.78 is 10.6. The minimum absolute atomic E-state index is 0.354. The minimum atomic E-state index is -0.683. The maximum absolute atomic E-state index is 11.4. The van der Waals surface area contributed by atoms with Crippen molar-refractivity contribution in [2.75, 3.05) is 0 Å². The molecule has 1 unspecified atom stereocenters. The van der Waals surface area contributed by atoms with Gasteiger partial charge in [-0.1, -0.05) is 48.0 Å². The van der Waals surface area contributed by atoms with Crippen molar-refractivity contribution in [2.24, 2.45) is 0 Å². The summed E-state index contributed by atoms with van der Waals surface area (Å²) in [5.74, 6) is -0.525. The van der Waals surface area contributed by atoms with Gasteiger partial charge in [-0.15, -0.1) is 0 Å². The van der Waals surface area contributed by atoms with Crippen molar-refractivity contribution in [2.45, 2.75) is 20.0 Å². The van der Waals surface area contributed by atoms with Crippen LogP contribution in [0.2, 0.25) is 5.02 Å². The second-order valence-electron chi connectivity index (χ2n) is 5.08. The van der Waals surface area contributed by atoms with Crippen molar-refractivity contribution in [3.8, 4) is 5.75 Å². The summed E-state index contributed by atoms with van der Waals surface area (Å²) >= 11 is 5.97. The van der Waals surface area contributed by atoms with E-state index in [1.165, 1.54) is 13.8 Å². The van der Waals surface area contributed by atoms with Crippen LogP contribution < -0.4 is 4.74 Å². The second kappa shape index (κ2) is 8.31. The number of benzene rings is 2. The normalized spacial score (nSPS) is 12.0. The van der Waals surface area contributed by atoms with Gasteiger partial charge in [-0.2, -0.15) is 0 Å². The summed E-state index contributed by atoms with van der Waals surface area (Å²) in [5.41, 5.74) is 1.45. The average molecular weight is 345 g/mol. The van der Waals surface area contributed by atoms with E-state index >= 15 is 0 Å². The zero-order chi connectivity index (χ0) is 17.5. The zero-order valence-electron chi connectivity index (χ0n) is 13.4. The highest BCUT2D eigenvalue weighted by Crippen LogP contribution is 2.29. The van der Waals surface area contributed by atoms with Crippen molar-refractivity contribution in [3.63, 3.8) is 0 Å². The van der Waals surface area contributed by atoms with Crippen LogP contribution in [-0.4, -0.2) is 11.9 Å². The van der Waals surface area contributed by atoms with Crippen molar-refractivity contribution in [3.05, 3.63) is 70.8 Å². The Morgan fingerprint density at radius 1 is 1.04 bits per heavy atom. The monoisotopic (exact) mass is 344 g/mol. The molecule has 4 nitrogen and oxygen atoms in total. The van der Waals surface area contributed by atoms with Gasteiger partial charge in [0.2, 0.25) is 0 Å². The molecule has 0 aliphatic heterocycles. The van der Waals surface area contributed by atoms with Crippen molar-refractivity contribution < 1.29 is 19.1 Å². The molecule has 0 aliphatic carbocycles. The number of rotatable bonds is 5. The lowest BCUT2D eigenvalue weighted by atomic mass is 10.1. The summed E-state index contributed by atoms with van der Waals surface area (Å²) in [6.45, 7) is 2.65. The van der Waals surface area contributed by atoms with Gasteiger partial charge in [0.05, 0.1) is 0 Å². The summed E-state index contributed by atoms with van der Waals surface area (Å²) in [6.07, 6.45) is 2.83. The van der Waals surface area contributed by atoms with Gasteiger partial charge in [-0.25, -0.2) is 0 Å². The van der Waals surface area contributed by atoms with Gasteiger partial charge < -0.3 is 9.47 Å². The predicted molar refractivity (Wildman–Crippen MR) is 92.7 cm³/mol. The Bertz CT molecular complexity index is 767. The van der Waals surface area contributed by atoms with Crippen LogP contribution >= 0.6 is 11.6 Å². The fourth-order valence-electron chi connectivity index (χ4n) is 2.16. The second-order valence-corrected chi connectivity index (χ2v) is 5.51. The average Bonchev–Trinajstić information content (AvgIpc) is 2.51. The number of esters is 2. The summed E-state index contributed by atoms with van der Waals surface area (Å²) in [4.78, 5) is 22.7. The lowest BCUT2D eigenvalue weighted by Gasteiger charge is -2.16. The SMILES string of the molecule is CC(=O)Oc1ccccc1C(/C=C/c1cccc(Cl)c1)OC(C)=O. The number of carbonyl (C=O) groups excluding carboxylic acids is 2. The molecule has 1 atom stereocenters. The molecule has 0 fully saturated rings. The molecular formula is C19H17ClO4. The maximum atomic E-state index is 11.4. The molecule has 2 rings (SSSR count). The van der Waals surface area contributed by atoms with E-state index in [0.29, 0.717) is 16.3 Å². The summed E-state index contributed by atoms with van der Waals surface area (Å²) in [5, 5.41) is 0.612. The van der Waals surface area contributed by atoms with Crippen LogP contribution in [0.15, 0.2) is 54.6 Å². The first-order chi connectivity index (χ1) is 11.5. The first-order valence-electron chi connectivity index (χ1n) is 7.34. The summed E-state index contributed by atoms with van der Waals surface area (Å²) in [7, 11) is 0. The highest BCUT2D eigenvalue weighted by atomic mass is 35.5. The topological polar surface area (TPSA) is 52.6 Å². The van der Waals surface area contributed by atoms with E-state index in [1.54, 1.807) is 48.6 Å². The third-order valence-electron chi connectivity index (χ3n) is 3.08. The highest BCUT2D eigenvalue weighted by Gasteiger charge is 2.17. The van der Waals surface area contributed by atoms with E-state index in [4.69, 9.17) is 21.1 Å². The minimum Gasteiger partial charge on any atom is -0.453 e. The van der Waals surface area contributed by atoms with Gasteiger partial charge >= 0.3 is 11.9 Å². The fraction of sp³-hybridized carbons (Fsp3) is 0.158. The quantitative estimate of drug-likeness (QED) is 0.588. The Labute approximate surface area is 145 Å². The molecular weight excluding hydrogens is 328 g/mol. The molecule has 0 radical (unpaired) electrons. The molecule has 0 aromatic heterocycles. The Morgan fingerprint density at radius 3 is 2.46 bits per heavy atom. The largest absolute Gasteiger partial charge is 0.453 e. The van der Waals surface area contributed by atoms with Crippen LogP contribution in [0.25, 0.3) is 6.08 Å². The molecule has 2 aromatic rings. The predicted octanol–water partition coefficient (Wildman–Crippen LogP) is 4.58. The van der Waals surface area contributed by atoms with Crippen LogP contribution in [0.4, 0.5) is 0 Å². The zero-order valence-corrected chi connectivity index (χ0v) is 14.1. The molecule has 0 N–H and O–H groups in total. The van der Waals surface area contributed by atoms with Gasteiger partial charge in [0.25, 0.3) is 0 Å². The molecule has 124 valence electrons. The van der Waals surface area contributed by atoms with E-state index in [2.05, 4.69) is 0 Å². The molecule has 0 saturated heterocycles. The Balaban J connectivity index is 2.35. The van der Waals surface area contributed by atoms with Gasteiger partial charge in [0.15, 0.2) is 0 Å². The van der Waals surface area contributed by atoms with Crippen LogP contribution in [-0.2, 0) is 14.3 Å². The first-order valence-corrected chi connectivity index (χ1v) is 7.72.